The molecule has 0 heterocycles. The van der Waals surface area contributed by atoms with Gasteiger partial charge in [0.25, 0.3) is 5.85 Å². The summed E-state index contributed by atoms with van der Waals surface area (Å²) in [6.45, 7) is -0.291. The Morgan fingerprint density at radius 3 is 2.46 bits per heavy atom. The lowest BCUT2D eigenvalue weighted by Crippen LogP contribution is -2.42. The molecule has 0 aromatic carbocycles. The molecule has 1 N–H and O–H groups in total. The molecule has 0 aromatic rings. The average Bonchev–Trinajstić information content (AvgIpc) is 2.04. The van der Waals surface area contributed by atoms with Crippen LogP contribution in [0.5, 0.6) is 0 Å². The first-order valence-electron chi connectivity index (χ1n) is 3.81. The summed E-state index contributed by atoms with van der Waals surface area (Å²) >= 11 is 0. The predicted octanol–water partition coefficient (Wildman–Crippen LogP) is 0.160. The molecule has 3 nitrogen and oxygen atoms in total. The maximum Gasteiger partial charge on any atom is 0.255 e. The van der Waals surface area contributed by atoms with Crippen molar-refractivity contribution in [3.05, 3.63) is 0 Å². The van der Waals surface area contributed by atoms with Gasteiger partial charge in [-0.15, -0.1) is 0 Å². The molecule has 0 aliphatic rings. The van der Waals surface area contributed by atoms with Crippen LogP contribution in [0.4, 0.5) is 8.78 Å². The molecular weight excluding hydrogens is 181 g/mol. The van der Waals surface area contributed by atoms with E-state index >= 15 is 0 Å². The number of rotatable bonds is 6. The Labute approximate surface area is 77.4 Å². The zero-order valence-corrected chi connectivity index (χ0v) is 7.67. The number of methoxy groups -OCH3 is 1. The maximum atomic E-state index is 13.3. The first-order valence-corrected chi connectivity index (χ1v) is 3.81. The van der Waals surface area contributed by atoms with Crippen molar-refractivity contribution in [3.63, 3.8) is 0 Å². The number of aliphatic hydroxyl groups is 1. The van der Waals surface area contributed by atoms with E-state index in [0.29, 0.717) is 0 Å². The molecule has 0 spiro atoms. The Bertz CT molecular complexity index is 148. The number of aliphatic hydroxyl groups excluding tert-OH is 1. The van der Waals surface area contributed by atoms with Crippen molar-refractivity contribution in [2.45, 2.75) is 25.0 Å². The molecular formula is C7H13BF2O3. The summed E-state index contributed by atoms with van der Waals surface area (Å²) in [5.74, 6) is -2.44. The monoisotopic (exact) mass is 194 g/mol. The van der Waals surface area contributed by atoms with Gasteiger partial charge < -0.3 is 14.6 Å². The Hall–Kier alpha value is -0.195. The van der Waals surface area contributed by atoms with Gasteiger partial charge in [-0.1, -0.05) is 0 Å². The highest BCUT2D eigenvalue weighted by atomic mass is 19.2. The molecule has 0 bridgehead atoms. The minimum absolute atomic E-state index is 0.496. The third-order valence-electron chi connectivity index (χ3n) is 1.40. The van der Waals surface area contributed by atoms with Crippen molar-refractivity contribution in [1.82, 2.24) is 0 Å². The smallest absolute Gasteiger partial charge is 0.255 e. The van der Waals surface area contributed by atoms with Gasteiger partial charge in [0.05, 0.1) is 6.00 Å². The topological polar surface area (TPSA) is 38.7 Å². The van der Waals surface area contributed by atoms with Crippen LogP contribution in [-0.2, 0) is 9.47 Å². The largest absolute Gasteiger partial charge is 0.390 e. The molecule has 0 fully saturated rings. The first-order chi connectivity index (χ1) is 5.95. The van der Waals surface area contributed by atoms with Gasteiger partial charge in [-0.25, -0.2) is 8.78 Å². The van der Waals surface area contributed by atoms with Gasteiger partial charge >= 0.3 is 0 Å². The number of ether oxygens (including phenoxy) is 2. The molecule has 3 atom stereocenters. The van der Waals surface area contributed by atoms with E-state index in [1.165, 1.54) is 7.11 Å². The minimum Gasteiger partial charge on any atom is -0.390 e. The zero-order chi connectivity index (χ0) is 10.5. The van der Waals surface area contributed by atoms with E-state index < -0.39 is 31.2 Å². The maximum absolute atomic E-state index is 13.3. The summed E-state index contributed by atoms with van der Waals surface area (Å²) in [5, 5.41) is 8.59. The van der Waals surface area contributed by atoms with Crippen LogP contribution in [0.2, 0.25) is 0 Å². The highest BCUT2D eigenvalue weighted by Gasteiger charge is 2.33. The fourth-order valence-corrected chi connectivity index (χ4v) is 0.670. The predicted molar refractivity (Wildman–Crippen MR) is 44.0 cm³/mol. The van der Waals surface area contributed by atoms with E-state index in [-0.39, 0.29) is 0 Å². The van der Waals surface area contributed by atoms with Gasteiger partial charge in [-0.2, -0.15) is 0 Å². The third-order valence-corrected chi connectivity index (χ3v) is 1.40. The molecule has 0 saturated heterocycles. The quantitative estimate of drug-likeness (QED) is 0.612. The second-order valence-corrected chi connectivity index (χ2v) is 2.73. The molecule has 6 heteroatoms. The standard InChI is InChI=1S/C7H13BF2O3/c1-5(9)6(8)13-7(10,3-11)4-12-2/h5-6,11H,3-4H2,1-2H3/t5-,6?,7?/m1/s1. The van der Waals surface area contributed by atoms with Gasteiger partial charge in [-0.3, -0.25) is 0 Å². The van der Waals surface area contributed by atoms with Crippen LogP contribution in [0.25, 0.3) is 0 Å². The van der Waals surface area contributed by atoms with E-state index in [2.05, 4.69) is 9.47 Å². The van der Waals surface area contributed by atoms with E-state index in [0.717, 1.165) is 6.92 Å². The molecule has 0 amide bonds. The molecule has 0 aliphatic heterocycles. The summed E-state index contributed by atoms with van der Waals surface area (Å²) in [6.07, 6.45) is -1.52. The van der Waals surface area contributed by atoms with Crippen LogP contribution in [0.1, 0.15) is 6.92 Å². The van der Waals surface area contributed by atoms with E-state index in [1.54, 1.807) is 0 Å². The Morgan fingerprint density at radius 1 is 1.62 bits per heavy atom. The molecule has 2 radical (unpaired) electrons. The number of alkyl halides is 2. The van der Waals surface area contributed by atoms with Crippen molar-refractivity contribution in [3.8, 4) is 0 Å². The number of hydrogen-bond donors (Lipinski definition) is 1. The third kappa shape index (κ3) is 4.54. The number of hydrogen-bond acceptors (Lipinski definition) is 3. The Morgan fingerprint density at radius 2 is 2.15 bits per heavy atom. The second-order valence-electron chi connectivity index (χ2n) is 2.73. The summed E-state index contributed by atoms with van der Waals surface area (Å²) < 4.78 is 34.6. The van der Waals surface area contributed by atoms with Gasteiger partial charge in [0, 0.05) is 7.11 Å². The second kappa shape index (κ2) is 5.52. The van der Waals surface area contributed by atoms with Crippen molar-refractivity contribution < 1.29 is 23.4 Å². The van der Waals surface area contributed by atoms with Crippen molar-refractivity contribution in [1.29, 1.82) is 0 Å². The summed E-state index contributed by atoms with van der Waals surface area (Å²) in [5.41, 5.74) is 0. The summed E-state index contributed by atoms with van der Waals surface area (Å²) in [4.78, 5) is 0. The zero-order valence-electron chi connectivity index (χ0n) is 7.67. The van der Waals surface area contributed by atoms with E-state index in [4.69, 9.17) is 13.0 Å². The SMILES string of the molecule is [B]C(OC(F)(CO)COC)[C@@H](C)F. The molecule has 13 heavy (non-hydrogen) atoms. The molecule has 2 unspecified atom stereocenters. The van der Waals surface area contributed by atoms with Crippen molar-refractivity contribution in [2.24, 2.45) is 0 Å². The van der Waals surface area contributed by atoms with E-state index in [1.807, 2.05) is 0 Å². The molecule has 0 aromatic heterocycles. The number of halogens is 2. The van der Waals surface area contributed by atoms with Crippen LogP contribution in [0, 0.1) is 0 Å². The van der Waals surface area contributed by atoms with Crippen LogP contribution in [0.15, 0.2) is 0 Å². The lowest BCUT2D eigenvalue weighted by molar-refractivity contribution is -0.214. The van der Waals surface area contributed by atoms with E-state index in [9.17, 15) is 8.78 Å². The molecule has 0 aliphatic carbocycles. The fourth-order valence-electron chi connectivity index (χ4n) is 0.670. The lowest BCUT2D eigenvalue weighted by atomic mass is 9.96. The summed E-state index contributed by atoms with van der Waals surface area (Å²) in [7, 11) is 6.34. The van der Waals surface area contributed by atoms with Crippen LogP contribution < -0.4 is 0 Å². The first kappa shape index (κ1) is 12.8. The molecule has 0 rings (SSSR count). The summed E-state index contributed by atoms with van der Waals surface area (Å²) in [6, 6.07) is -1.41. The Kier molecular flexibility index (Phi) is 5.43. The van der Waals surface area contributed by atoms with Crippen molar-refractivity contribution in [2.75, 3.05) is 20.3 Å². The van der Waals surface area contributed by atoms with Crippen LogP contribution in [-0.4, -0.2) is 51.3 Å². The van der Waals surface area contributed by atoms with Gasteiger partial charge in [-0.05, 0) is 6.92 Å². The highest BCUT2D eigenvalue weighted by Crippen LogP contribution is 2.16. The average molecular weight is 194 g/mol. The molecule has 76 valence electrons. The van der Waals surface area contributed by atoms with Crippen LogP contribution in [0.3, 0.4) is 0 Å². The highest BCUT2D eigenvalue weighted by molar-refractivity contribution is 6.11. The Balaban J connectivity index is 4.09. The fraction of sp³-hybridized carbons (Fsp3) is 1.00. The van der Waals surface area contributed by atoms with Gasteiger partial charge in [0.15, 0.2) is 0 Å². The van der Waals surface area contributed by atoms with Crippen LogP contribution >= 0.6 is 0 Å². The van der Waals surface area contributed by atoms with Gasteiger partial charge in [0.1, 0.15) is 27.2 Å². The lowest BCUT2D eigenvalue weighted by Gasteiger charge is -2.27. The normalized spacial score (nSPS) is 20.7. The van der Waals surface area contributed by atoms with Gasteiger partial charge in [0.2, 0.25) is 0 Å². The molecule has 0 saturated carbocycles. The van der Waals surface area contributed by atoms with Crippen molar-refractivity contribution >= 4 is 7.85 Å². The minimum atomic E-state index is -2.44.